The second-order valence-electron chi connectivity index (χ2n) is 7.32. The Morgan fingerprint density at radius 1 is 0.812 bits per heavy atom. The number of nitrogens with zero attached hydrogens (tertiary/aromatic N) is 3. The van der Waals surface area contributed by atoms with Gasteiger partial charge in [-0.15, -0.1) is 0 Å². The van der Waals surface area contributed by atoms with Gasteiger partial charge in [-0.05, 0) is 36.4 Å². The monoisotopic (exact) mass is 424 g/mol. The molecule has 1 aliphatic heterocycles. The zero-order chi connectivity index (χ0) is 22.4. The molecule has 3 amide bonds. The molecule has 0 fully saturated rings. The number of imide groups is 1. The van der Waals surface area contributed by atoms with E-state index < -0.39 is 17.7 Å². The molecule has 0 aliphatic carbocycles. The Hall–Kier alpha value is -4.59. The van der Waals surface area contributed by atoms with Crippen molar-refractivity contribution in [3.63, 3.8) is 0 Å². The minimum absolute atomic E-state index is 0.0915. The van der Waals surface area contributed by atoms with Crippen molar-refractivity contribution in [1.29, 1.82) is 0 Å². The van der Waals surface area contributed by atoms with Crippen molar-refractivity contribution in [2.45, 2.75) is 0 Å². The molecular weight excluding hydrogens is 408 g/mol. The molecule has 1 aromatic heterocycles. The van der Waals surface area contributed by atoms with E-state index >= 15 is 0 Å². The number of rotatable bonds is 3. The van der Waals surface area contributed by atoms with E-state index in [0.29, 0.717) is 33.3 Å². The van der Waals surface area contributed by atoms with Crippen LogP contribution < -0.4 is 15.8 Å². The Morgan fingerprint density at radius 3 is 2.12 bits per heavy atom. The fourth-order valence-electron chi connectivity index (χ4n) is 3.80. The molecule has 0 saturated heterocycles. The van der Waals surface area contributed by atoms with E-state index in [-0.39, 0.29) is 11.3 Å². The minimum atomic E-state index is -0.517. The Kier molecular flexibility index (Phi) is 4.41. The molecule has 0 saturated carbocycles. The van der Waals surface area contributed by atoms with Gasteiger partial charge in [0, 0.05) is 18.1 Å². The average molecular weight is 424 g/mol. The van der Waals surface area contributed by atoms with Gasteiger partial charge in [0.15, 0.2) is 5.69 Å². The fraction of sp³-hybridized carbons (Fsp3) is 0.0417. The van der Waals surface area contributed by atoms with Crippen molar-refractivity contribution in [2.75, 3.05) is 10.2 Å². The zero-order valence-corrected chi connectivity index (χ0v) is 16.9. The first-order chi connectivity index (χ1) is 15.5. The lowest BCUT2D eigenvalue weighted by Crippen LogP contribution is -2.29. The summed E-state index contributed by atoms with van der Waals surface area (Å²) in [6.07, 6.45) is 0. The van der Waals surface area contributed by atoms with Crippen molar-refractivity contribution in [3.05, 3.63) is 100.0 Å². The van der Waals surface area contributed by atoms with Crippen LogP contribution in [0, 0.1) is 0 Å². The average Bonchev–Trinajstić information content (AvgIpc) is 3.06. The second kappa shape index (κ2) is 7.28. The number of fused-ring (bicyclic) bond motifs is 2. The van der Waals surface area contributed by atoms with Crippen LogP contribution >= 0.6 is 0 Å². The standard InChI is InChI=1S/C24H16N4O4/c1-27-22(30)17-10-3-2-9-16(17)20(26-27)21(29)25-14-7-6-8-15(13-14)28-23(31)18-11-4-5-12-19(18)24(28)32/h2-13H,1H3,(H,25,29). The number of benzene rings is 3. The van der Waals surface area contributed by atoms with E-state index in [2.05, 4.69) is 10.4 Å². The molecule has 8 heteroatoms. The van der Waals surface area contributed by atoms with E-state index in [1.54, 1.807) is 72.8 Å². The number of nitrogens with one attached hydrogen (secondary N) is 1. The highest BCUT2D eigenvalue weighted by Gasteiger charge is 2.36. The molecule has 8 nitrogen and oxygen atoms in total. The normalized spacial score (nSPS) is 12.8. The summed E-state index contributed by atoms with van der Waals surface area (Å²) in [5.74, 6) is -1.35. The van der Waals surface area contributed by atoms with Gasteiger partial charge in [-0.1, -0.05) is 36.4 Å². The van der Waals surface area contributed by atoms with Crippen LogP contribution in [0.4, 0.5) is 11.4 Å². The smallest absolute Gasteiger partial charge is 0.276 e. The van der Waals surface area contributed by atoms with Gasteiger partial charge in [-0.3, -0.25) is 19.2 Å². The third-order valence-corrected chi connectivity index (χ3v) is 5.33. The number of aryl methyl sites for hydroxylation is 1. The van der Waals surface area contributed by atoms with Crippen LogP contribution in [0.5, 0.6) is 0 Å². The van der Waals surface area contributed by atoms with Crippen LogP contribution in [0.25, 0.3) is 10.8 Å². The Bertz CT molecular complexity index is 1470. The number of aromatic nitrogens is 2. The summed E-state index contributed by atoms with van der Waals surface area (Å²) >= 11 is 0. The van der Waals surface area contributed by atoms with Gasteiger partial charge in [0.1, 0.15) is 0 Å². The number of amides is 3. The molecule has 4 aromatic rings. The molecule has 3 aromatic carbocycles. The summed E-state index contributed by atoms with van der Waals surface area (Å²) < 4.78 is 1.12. The molecule has 5 rings (SSSR count). The number of hydrogen-bond acceptors (Lipinski definition) is 5. The van der Waals surface area contributed by atoms with E-state index in [0.717, 1.165) is 9.58 Å². The van der Waals surface area contributed by atoms with E-state index in [4.69, 9.17) is 0 Å². The van der Waals surface area contributed by atoms with Crippen LogP contribution in [-0.4, -0.2) is 27.5 Å². The topological polar surface area (TPSA) is 101 Å². The van der Waals surface area contributed by atoms with Crippen molar-refractivity contribution in [2.24, 2.45) is 7.05 Å². The Labute approximate surface area is 181 Å². The number of anilines is 2. The highest BCUT2D eigenvalue weighted by molar-refractivity contribution is 6.34. The number of carbonyl (C=O) groups is 3. The molecule has 156 valence electrons. The maximum Gasteiger partial charge on any atom is 0.276 e. The highest BCUT2D eigenvalue weighted by Crippen LogP contribution is 2.30. The first-order valence-electron chi connectivity index (χ1n) is 9.81. The molecule has 1 aliphatic rings. The summed E-state index contributed by atoms with van der Waals surface area (Å²) in [4.78, 5) is 51.9. The van der Waals surface area contributed by atoms with Crippen LogP contribution in [0.15, 0.2) is 77.6 Å². The third-order valence-electron chi connectivity index (χ3n) is 5.33. The molecule has 0 unspecified atom stereocenters. The first kappa shape index (κ1) is 19.4. The predicted octanol–water partition coefficient (Wildman–Crippen LogP) is 2.99. The number of hydrogen-bond donors (Lipinski definition) is 1. The summed E-state index contributed by atoms with van der Waals surface area (Å²) in [6, 6.07) is 19.8. The highest BCUT2D eigenvalue weighted by atomic mass is 16.2. The lowest BCUT2D eigenvalue weighted by molar-refractivity contribution is 0.0925. The molecule has 2 heterocycles. The van der Waals surface area contributed by atoms with Gasteiger partial charge < -0.3 is 5.32 Å². The summed E-state index contributed by atoms with van der Waals surface area (Å²) in [5.41, 5.74) is 1.19. The quantitative estimate of drug-likeness (QED) is 0.510. The molecule has 0 bridgehead atoms. The number of carbonyl (C=O) groups excluding carboxylic acids is 3. The molecule has 0 spiro atoms. The van der Waals surface area contributed by atoms with Gasteiger partial charge in [0.25, 0.3) is 23.3 Å². The summed E-state index contributed by atoms with van der Waals surface area (Å²) in [7, 11) is 1.48. The second-order valence-corrected chi connectivity index (χ2v) is 7.32. The van der Waals surface area contributed by atoms with E-state index in [1.807, 2.05) is 0 Å². The molecule has 0 atom stereocenters. The Morgan fingerprint density at radius 2 is 1.44 bits per heavy atom. The predicted molar refractivity (Wildman–Crippen MR) is 119 cm³/mol. The van der Waals surface area contributed by atoms with Crippen LogP contribution in [-0.2, 0) is 7.05 Å². The first-order valence-corrected chi connectivity index (χ1v) is 9.81. The van der Waals surface area contributed by atoms with Gasteiger partial charge in [-0.2, -0.15) is 5.10 Å². The van der Waals surface area contributed by atoms with Crippen molar-refractivity contribution in [1.82, 2.24) is 9.78 Å². The SMILES string of the molecule is Cn1nc(C(=O)Nc2cccc(N3C(=O)c4ccccc4C3=O)c2)c2ccccc2c1=O. The van der Waals surface area contributed by atoms with Gasteiger partial charge in [0.2, 0.25) is 0 Å². The van der Waals surface area contributed by atoms with Crippen LogP contribution in [0.3, 0.4) is 0 Å². The maximum absolute atomic E-state index is 13.0. The van der Waals surface area contributed by atoms with Gasteiger partial charge in [-0.25, -0.2) is 9.58 Å². The molecule has 32 heavy (non-hydrogen) atoms. The lowest BCUT2D eigenvalue weighted by Gasteiger charge is -2.15. The summed E-state index contributed by atoms with van der Waals surface area (Å²) in [6.45, 7) is 0. The zero-order valence-electron chi connectivity index (χ0n) is 16.9. The molecule has 0 radical (unpaired) electrons. The van der Waals surface area contributed by atoms with Crippen molar-refractivity contribution >= 4 is 39.9 Å². The van der Waals surface area contributed by atoms with Crippen molar-refractivity contribution in [3.8, 4) is 0 Å². The largest absolute Gasteiger partial charge is 0.321 e. The fourth-order valence-corrected chi connectivity index (χ4v) is 3.80. The lowest BCUT2D eigenvalue weighted by atomic mass is 10.1. The Balaban J connectivity index is 1.49. The maximum atomic E-state index is 13.0. The van der Waals surface area contributed by atoms with Gasteiger partial charge in [0.05, 0.1) is 22.2 Å². The van der Waals surface area contributed by atoms with E-state index in [1.165, 1.54) is 7.05 Å². The minimum Gasteiger partial charge on any atom is -0.321 e. The van der Waals surface area contributed by atoms with Crippen LogP contribution in [0.2, 0.25) is 0 Å². The van der Waals surface area contributed by atoms with E-state index in [9.17, 15) is 19.2 Å². The van der Waals surface area contributed by atoms with Crippen LogP contribution in [0.1, 0.15) is 31.2 Å². The third kappa shape index (κ3) is 2.97. The van der Waals surface area contributed by atoms with Gasteiger partial charge >= 0.3 is 0 Å². The van der Waals surface area contributed by atoms with Crippen molar-refractivity contribution < 1.29 is 14.4 Å². The molecule has 1 N–H and O–H groups in total. The summed E-state index contributed by atoms with van der Waals surface area (Å²) in [5, 5.41) is 7.69. The molecular formula is C24H16N4O4.